The zero-order valence-electron chi connectivity index (χ0n) is 17.4. The molecule has 1 aromatic carbocycles. The molecular formula is C22H29N3O3. The van der Waals surface area contributed by atoms with E-state index in [9.17, 15) is 0 Å². The Morgan fingerprint density at radius 1 is 1.07 bits per heavy atom. The van der Waals surface area contributed by atoms with Gasteiger partial charge in [-0.15, -0.1) is 0 Å². The molecule has 2 aromatic rings. The summed E-state index contributed by atoms with van der Waals surface area (Å²) < 4.78 is 17.7. The summed E-state index contributed by atoms with van der Waals surface area (Å²) in [5.41, 5.74) is 4.90. The predicted octanol–water partition coefficient (Wildman–Crippen LogP) is 3.85. The molecule has 3 heterocycles. The number of rotatable bonds is 3. The quantitative estimate of drug-likeness (QED) is 0.803. The number of ether oxygens (including phenoxy) is 3. The Bertz CT molecular complexity index is 847. The van der Waals surface area contributed by atoms with Crippen LogP contribution in [-0.4, -0.2) is 48.5 Å². The molecule has 0 aliphatic carbocycles. The first-order valence-corrected chi connectivity index (χ1v) is 9.95. The van der Waals surface area contributed by atoms with E-state index in [-0.39, 0.29) is 11.7 Å². The second-order valence-electron chi connectivity index (χ2n) is 8.42. The normalized spacial score (nSPS) is 19.5. The Hall–Kier alpha value is -2.18. The Labute approximate surface area is 166 Å². The first-order valence-electron chi connectivity index (χ1n) is 9.95. The number of anilines is 1. The first kappa shape index (κ1) is 19.2. The van der Waals surface area contributed by atoms with Crippen LogP contribution in [0.2, 0.25) is 0 Å². The number of fused-ring (bicyclic) bond motifs is 1. The van der Waals surface area contributed by atoms with Crippen molar-refractivity contribution in [2.45, 2.75) is 46.3 Å². The molecule has 2 aliphatic rings. The molecule has 4 rings (SSSR count). The Balaban J connectivity index is 1.70. The van der Waals surface area contributed by atoms with Crippen molar-refractivity contribution in [2.24, 2.45) is 0 Å². The maximum atomic E-state index is 6.20. The summed E-state index contributed by atoms with van der Waals surface area (Å²) in [4.78, 5) is 11.8. The minimum Gasteiger partial charge on any atom is -0.489 e. The molecule has 150 valence electrons. The van der Waals surface area contributed by atoms with Gasteiger partial charge in [0, 0.05) is 29.8 Å². The monoisotopic (exact) mass is 383 g/mol. The third kappa shape index (κ3) is 3.71. The number of hydrogen-bond acceptors (Lipinski definition) is 6. The van der Waals surface area contributed by atoms with Crippen LogP contribution in [0.4, 0.5) is 5.95 Å². The molecule has 1 fully saturated rings. The van der Waals surface area contributed by atoms with Crippen molar-refractivity contribution in [3.63, 3.8) is 0 Å². The summed E-state index contributed by atoms with van der Waals surface area (Å²) >= 11 is 0. The van der Waals surface area contributed by atoms with Gasteiger partial charge in [-0.05, 0) is 34.6 Å². The molecule has 6 nitrogen and oxygen atoms in total. The molecule has 1 saturated heterocycles. The van der Waals surface area contributed by atoms with Crippen molar-refractivity contribution in [3.05, 3.63) is 35.2 Å². The number of nitrogens with zero attached hydrogens (tertiary/aromatic N) is 3. The molecular weight excluding hydrogens is 354 g/mol. The Morgan fingerprint density at radius 2 is 1.75 bits per heavy atom. The van der Waals surface area contributed by atoms with E-state index >= 15 is 0 Å². The molecule has 6 heteroatoms. The highest BCUT2D eigenvalue weighted by Gasteiger charge is 2.31. The van der Waals surface area contributed by atoms with E-state index in [0.29, 0.717) is 6.61 Å². The van der Waals surface area contributed by atoms with Crippen LogP contribution in [-0.2, 0) is 9.47 Å². The van der Waals surface area contributed by atoms with E-state index in [2.05, 4.69) is 43.9 Å². The third-order valence-corrected chi connectivity index (χ3v) is 5.09. The number of para-hydroxylation sites is 1. The molecule has 2 aliphatic heterocycles. The highest BCUT2D eigenvalue weighted by molar-refractivity contribution is 5.77. The maximum Gasteiger partial charge on any atom is 0.225 e. The van der Waals surface area contributed by atoms with E-state index in [0.717, 1.165) is 66.1 Å². The fourth-order valence-electron chi connectivity index (χ4n) is 3.93. The van der Waals surface area contributed by atoms with Gasteiger partial charge in [-0.3, -0.25) is 0 Å². The Kier molecular flexibility index (Phi) is 5.02. The fraction of sp³-hybridized carbons (Fsp3) is 0.545. The van der Waals surface area contributed by atoms with Crippen molar-refractivity contribution in [1.29, 1.82) is 0 Å². The van der Waals surface area contributed by atoms with E-state index in [1.54, 1.807) is 0 Å². The summed E-state index contributed by atoms with van der Waals surface area (Å²) in [6, 6.07) is 6.25. The highest BCUT2D eigenvalue weighted by atomic mass is 16.6. The lowest BCUT2D eigenvalue weighted by molar-refractivity contribution is -0.0671. The molecule has 0 amide bonds. The summed E-state index contributed by atoms with van der Waals surface area (Å²) in [7, 11) is 0. The second kappa shape index (κ2) is 7.33. The van der Waals surface area contributed by atoms with Gasteiger partial charge in [0.25, 0.3) is 0 Å². The van der Waals surface area contributed by atoms with Crippen LogP contribution < -0.4 is 9.64 Å². The molecule has 0 bridgehead atoms. The topological polar surface area (TPSA) is 56.7 Å². The Morgan fingerprint density at radius 3 is 2.39 bits per heavy atom. The minimum absolute atomic E-state index is 0.0518. The highest BCUT2D eigenvalue weighted by Crippen LogP contribution is 2.44. The van der Waals surface area contributed by atoms with Crippen LogP contribution >= 0.6 is 0 Å². The molecule has 0 unspecified atom stereocenters. The van der Waals surface area contributed by atoms with Gasteiger partial charge in [0.05, 0.1) is 30.2 Å². The van der Waals surface area contributed by atoms with Crippen molar-refractivity contribution >= 4 is 5.95 Å². The van der Waals surface area contributed by atoms with E-state index in [1.165, 1.54) is 0 Å². The van der Waals surface area contributed by atoms with E-state index in [1.807, 2.05) is 13.8 Å². The lowest BCUT2D eigenvalue weighted by atomic mass is 9.98. The van der Waals surface area contributed by atoms with Crippen LogP contribution in [0.5, 0.6) is 5.75 Å². The largest absolute Gasteiger partial charge is 0.489 e. The molecule has 0 N–H and O–H groups in total. The zero-order chi connectivity index (χ0) is 19.9. The second-order valence-corrected chi connectivity index (χ2v) is 8.42. The molecule has 0 saturated carbocycles. The molecule has 28 heavy (non-hydrogen) atoms. The van der Waals surface area contributed by atoms with Crippen LogP contribution in [0.25, 0.3) is 11.1 Å². The van der Waals surface area contributed by atoms with Gasteiger partial charge >= 0.3 is 0 Å². The van der Waals surface area contributed by atoms with Gasteiger partial charge in [-0.1, -0.05) is 18.2 Å². The molecule has 0 radical (unpaired) electrons. The maximum absolute atomic E-state index is 6.20. The lowest BCUT2D eigenvalue weighted by Crippen LogP contribution is -2.37. The SMILES string of the molecule is Cc1nc(N2CCOCC2)nc(C)c1-c1cccc2c1OC[C@H]2OC(C)(C)C. The average Bonchev–Trinajstić information content (AvgIpc) is 3.04. The van der Waals surface area contributed by atoms with E-state index in [4.69, 9.17) is 24.2 Å². The summed E-state index contributed by atoms with van der Waals surface area (Å²) in [6.45, 7) is 13.9. The van der Waals surface area contributed by atoms with Crippen LogP contribution in [0.1, 0.15) is 43.8 Å². The van der Waals surface area contributed by atoms with E-state index < -0.39 is 0 Å². The number of benzene rings is 1. The zero-order valence-corrected chi connectivity index (χ0v) is 17.4. The number of aromatic nitrogens is 2. The van der Waals surface area contributed by atoms with Crippen LogP contribution in [0.3, 0.4) is 0 Å². The average molecular weight is 383 g/mol. The molecule has 1 aromatic heterocycles. The number of morpholine rings is 1. The molecule has 0 spiro atoms. The minimum atomic E-state index is -0.222. The number of hydrogen-bond donors (Lipinski definition) is 0. The smallest absolute Gasteiger partial charge is 0.225 e. The van der Waals surface area contributed by atoms with Gasteiger partial charge in [0.1, 0.15) is 18.5 Å². The first-order chi connectivity index (χ1) is 13.3. The fourth-order valence-corrected chi connectivity index (χ4v) is 3.93. The molecule has 1 atom stereocenters. The summed E-state index contributed by atoms with van der Waals surface area (Å²) in [5.74, 6) is 1.68. The van der Waals surface area contributed by atoms with Gasteiger partial charge in [-0.2, -0.15) is 0 Å². The number of aryl methyl sites for hydroxylation is 2. The summed E-state index contributed by atoms with van der Waals surface area (Å²) in [6.07, 6.45) is -0.0518. The van der Waals surface area contributed by atoms with Crippen molar-refractivity contribution < 1.29 is 14.2 Å². The predicted molar refractivity (Wildman–Crippen MR) is 109 cm³/mol. The third-order valence-electron chi connectivity index (χ3n) is 5.09. The van der Waals surface area contributed by atoms with Gasteiger partial charge in [0.15, 0.2) is 0 Å². The lowest BCUT2D eigenvalue weighted by Gasteiger charge is -2.27. The van der Waals surface area contributed by atoms with Gasteiger partial charge < -0.3 is 19.1 Å². The van der Waals surface area contributed by atoms with Crippen LogP contribution in [0, 0.1) is 13.8 Å². The van der Waals surface area contributed by atoms with Gasteiger partial charge in [0.2, 0.25) is 5.95 Å². The van der Waals surface area contributed by atoms with Crippen molar-refractivity contribution in [3.8, 4) is 16.9 Å². The summed E-state index contributed by atoms with van der Waals surface area (Å²) in [5, 5.41) is 0. The standard InChI is InChI=1S/C22H29N3O3/c1-14-19(15(2)24-21(23-14)25-9-11-26-12-10-25)17-8-6-7-16-18(13-27-20(16)17)28-22(3,4)5/h6-8,18H,9-13H2,1-5H3/t18-/m1/s1. The van der Waals surface area contributed by atoms with Crippen molar-refractivity contribution in [2.75, 3.05) is 37.8 Å². The van der Waals surface area contributed by atoms with Gasteiger partial charge in [-0.25, -0.2) is 9.97 Å². The van der Waals surface area contributed by atoms with Crippen molar-refractivity contribution in [1.82, 2.24) is 9.97 Å². The van der Waals surface area contributed by atoms with Crippen LogP contribution in [0.15, 0.2) is 18.2 Å².